The van der Waals surface area contributed by atoms with Crippen LogP contribution in [0, 0.1) is 10.6 Å². The molecule has 20 heavy (non-hydrogen) atoms. The number of benzene rings is 2. The van der Waals surface area contributed by atoms with Crippen molar-refractivity contribution in [1.29, 1.82) is 0 Å². The van der Waals surface area contributed by atoms with Crippen LogP contribution in [0.15, 0.2) is 36.4 Å². The van der Waals surface area contributed by atoms with Gasteiger partial charge in [-0.2, -0.15) is 5.10 Å². The van der Waals surface area contributed by atoms with Crippen molar-refractivity contribution >= 4 is 23.0 Å². The third-order valence-corrected chi connectivity index (χ3v) is 3.62. The topological polar surface area (TPSA) is 33.6 Å². The Bertz CT molecular complexity index is 832. The lowest BCUT2D eigenvalue weighted by molar-refractivity contribution is 0.597. The Kier molecular flexibility index (Phi) is 3.14. The molecule has 0 atom stereocenters. The largest absolute Gasteiger partial charge is 0.298 e. The number of rotatable bonds is 2. The summed E-state index contributed by atoms with van der Waals surface area (Å²) >= 11 is 5.27. The van der Waals surface area contributed by atoms with Crippen molar-refractivity contribution in [2.24, 2.45) is 0 Å². The van der Waals surface area contributed by atoms with Crippen LogP contribution in [0.5, 0.6) is 0 Å². The first-order valence-electron chi connectivity index (χ1n) is 6.44. The van der Waals surface area contributed by atoms with Gasteiger partial charge in [0.2, 0.25) is 0 Å². The van der Waals surface area contributed by atoms with E-state index < -0.39 is 0 Å². The van der Waals surface area contributed by atoms with Crippen molar-refractivity contribution in [2.45, 2.75) is 19.9 Å². The van der Waals surface area contributed by atoms with Gasteiger partial charge in [-0.1, -0.05) is 24.3 Å². The number of aromatic amines is 1. The molecule has 0 bridgehead atoms. The summed E-state index contributed by atoms with van der Waals surface area (Å²) in [6.45, 7) is 4.08. The SMILES string of the molecule is CC(C)n1c(-c2ccc(F)c3ccccc23)n[nH]c1=S. The average molecular weight is 287 g/mol. The van der Waals surface area contributed by atoms with Crippen molar-refractivity contribution in [3.63, 3.8) is 0 Å². The van der Waals surface area contributed by atoms with Gasteiger partial charge in [-0.05, 0) is 43.6 Å². The highest BCUT2D eigenvalue weighted by atomic mass is 32.1. The number of nitrogens with zero attached hydrogens (tertiary/aromatic N) is 2. The quantitative estimate of drug-likeness (QED) is 0.705. The summed E-state index contributed by atoms with van der Waals surface area (Å²) in [5.74, 6) is 0.510. The third kappa shape index (κ3) is 1.94. The van der Waals surface area contributed by atoms with Gasteiger partial charge in [0.25, 0.3) is 0 Å². The Morgan fingerprint density at radius 3 is 2.55 bits per heavy atom. The van der Waals surface area contributed by atoms with Crippen molar-refractivity contribution < 1.29 is 4.39 Å². The van der Waals surface area contributed by atoms with E-state index in [2.05, 4.69) is 10.2 Å². The van der Waals surface area contributed by atoms with Gasteiger partial charge in [-0.3, -0.25) is 9.67 Å². The van der Waals surface area contributed by atoms with Crippen LogP contribution in [0.2, 0.25) is 0 Å². The molecule has 0 fully saturated rings. The van der Waals surface area contributed by atoms with Gasteiger partial charge in [-0.25, -0.2) is 4.39 Å². The van der Waals surface area contributed by atoms with Crippen LogP contribution >= 0.6 is 12.2 Å². The van der Waals surface area contributed by atoms with E-state index >= 15 is 0 Å². The zero-order valence-corrected chi connectivity index (χ0v) is 12.0. The molecule has 5 heteroatoms. The summed E-state index contributed by atoms with van der Waals surface area (Å²) in [6, 6.07) is 10.8. The fourth-order valence-corrected chi connectivity index (χ4v) is 2.77. The molecule has 0 spiro atoms. The zero-order chi connectivity index (χ0) is 14.3. The van der Waals surface area contributed by atoms with Gasteiger partial charge < -0.3 is 0 Å². The average Bonchev–Trinajstić information content (AvgIpc) is 2.81. The monoisotopic (exact) mass is 287 g/mol. The molecule has 0 aliphatic carbocycles. The molecule has 1 aromatic heterocycles. The van der Waals surface area contributed by atoms with Crippen LogP contribution in [-0.2, 0) is 0 Å². The molecule has 3 nitrogen and oxygen atoms in total. The number of hydrogen-bond donors (Lipinski definition) is 1. The van der Waals surface area contributed by atoms with Crippen molar-refractivity contribution in [3.05, 3.63) is 47.0 Å². The molecule has 3 aromatic rings. The lowest BCUT2D eigenvalue weighted by Gasteiger charge is -2.12. The molecule has 1 heterocycles. The third-order valence-electron chi connectivity index (χ3n) is 3.33. The molecule has 0 aliphatic rings. The molecule has 0 saturated heterocycles. The molecule has 0 unspecified atom stereocenters. The molecule has 1 N–H and O–H groups in total. The van der Waals surface area contributed by atoms with Gasteiger partial charge in [0.1, 0.15) is 5.82 Å². The van der Waals surface area contributed by atoms with Gasteiger partial charge in [0.15, 0.2) is 10.6 Å². The van der Waals surface area contributed by atoms with E-state index in [0.29, 0.717) is 10.2 Å². The molecule has 102 valence electrons. The van der Waals surface area contributed by atoms with Crippen LogP contribution in [-0.4, -0.2) is 14.8 Å². The lowest BCUT2D eigenvalue weighted by Crippen LogP contribution is -2.03. The minimum atomic E-state index is -0.227. The predicted octanol–water partition coefficient (Wildman–Crippen LogP) is 4.48. The highest BCUT2D eigenvalue weighted by Gasteiger charge is 2.15. The lowest BCUT2D eigenvalue weighted by atomic mass is 10.0. The van der Waals surface area contributed by atoms with Gasteiger partial charge in [0.05, 0.1) is 0 Å². The molecule has 2 aromatic carbocycles. The number of hydrogen-bond acceptors (Lipinski definition) is 2. The van der Waals surface area contributed by atoms with E-state index in [9.17, 15) is 4.39 Å². The first-order valence-corrected chi connectivity index (χ1v) is 6.85. The second-order valence-electron chi connectivity index (χ2n) is 4.96. The summed E-state index contributed by atoms with van der Waals surface area (Å²) < 4.78 is 16.4. The fourth-order valence-electron chi connectivity index (χ4n) is 2.43. The minimum absolute atomic E-state index is 0.181. The van der Waals surface area contributed by atoms with E-state index in [1.165, 1.54) is 6.07 Å². The highest BCUT2D eigenvalue weighted by Crippen LogP contribution is 2.30. The van der Waals surface area contributed by atoms with E-state index in [0.717, 1.165) is 16.8 Å². The fraction of sp³-hybridized carbons (Fsp3) is 0.200. The van der Waals surface area contributed by atoms with Gasteiger partial charge in [-0.15, -0.1) is 0 Å². The maximum absolute atomic E-state index is 13.9. The number of H-pyrrole nitrogens is 1. The van der Waals surface area contributed by atoms with Crippen LogP contribution in [0.1, 0.15) is 19.9 Å². The van der Waals surface area contributed by atoms with Crippen LogP contribution < -0.4 is 0 Å². The van der Waals surface area contributed by atoms with E-state index in [1.54, 1.807) is 12.1 Å². The number of fused-ring (bicyclic) bond motifs is 1. The Hall–Kier alpha value is -2.01. The maximum atomic E-state index is 13.9. The normalized spacial score (nSPS) is 11.4. The number of aromatic nitrogens is 3. The standard InChI is InChI=1S/C15H14FN3S/c1-9(2)19-14(17-18-15(19)20)12-7-8-13(16)11-6-4-3-5-10(11)12/h3-9H,1-2H3,(H,18,20). The Labute approximate surface area is 121 Å². The van der Waals surface area contributed by atoms with Crippen LogP contribution in [0.3, 0.4) is 0 Å². The summed E-state index contributed by atoms with van der Waals surface area (Å²) in [4.78, 5) is 0. The smallest absolute Gasteiger partial charge is 0.195 e. The summed E-state index contributed by atoms with van der Waals surface area (Å²) in [5.41, 5.74) is 0.878. The second kappa shape index (κ2) is 4.83. The predicted molar refractivity (Wildman–Crippen MR) is 80.7 cm³/mol. The van der Waals surface area contributed by atoms with Crippen molar-refractivity contribution in [2.75, 3.05) is 0 Å². The Balaban J connectivity index is 2.37. The van der Waals surface area contributed by atoms with E-state index in [4.69, 9.17) is 12.2 Å². The first kappa shape index (κ1) is 13.0. The van der Waals surface area contributed by atoms with Gasteiger partial charge in [0, 0.05) is 17.0 Å². The minimum Gasteiger partial charge on any atom is -0.298 e. The maximum Gasteiger partial charge on any atom is 0.195 e. The van der Waals surface area contributed by atoms with Crippen LogP contribution in [0.4, 0.5) is 4.39 Å². The first-order chi connectivity index (χ1) is 9.59. The molecular weight excluding hydrogens is 273 g/mol. The zero-order valence-electron chi connectivity index (χ0n) is 11.2. The highest BCUT2D eigenvalue weighted by molar-refractivity contribution is 7.71. The molecule has 0 radical (unpaired) electrons. The van der Waals surface area contributed by atoms with E-state index in [1.807, 2.05) is 36.6 Å². The molecular formula is C15H14FN3S. The van der Waals surface area contributed by atoms with Crippen LogP contribution in [0.25, 0.3) is 22.2 Å². The molecule has 0 aliphatic heterocycles. The second-order valence-corrected chi connectivity index (χ2v) is 5.34. The summed E-state index contributed by atoms with van der Waals surface area (Å²) in [5, 5.41) is 8.56. The Morgan fingerprint density at radius 2 is 1.85 bits per heavy atom. The van der Waals surface area contributed by atoms with E-state index in [-0.39, 0.29) is 11.9 Å². The van der Waals surface area contributed by atoms with Gasteiger partial charge >= 0.3 is 0 Å². The van der Waals surface area contributed by atoms with Crippen molar-refractivity contribution in [3.8, 4) is 11.4 Å². The van der Waals surface area contributed by atoms with Crippen molar-refractivity contribution in [1.82, 2.24) is 14.8 Å². The molecule has 0 amide bonds. The molecule has 0 saturated carbocycles. The Morgan fingerprint density at radius 1 is 1.15 bits per heavy atom. The number of nitrogens with one attached hydrogen (secondary N) is 1. The summed E-state index contributed by atoms with van der Waals surface area (Å²) in [7, 11) is 0. The number of halogens is 1. The summed E-state index contributed by atoms with van der Waals surface area (Å²) in [6.07, 6.45) is 0. The molecule has 3 rings (SSSR count).